The third kappa shape index (κ3) is 3.73. The summed E-state index contributed by atoms with van der Waals surface area (Å²) in [5, 5.41) is 0.691. The summed E-state index contributed by atoms with van der Waals surface area (Å²) in [6.07, 6.45) is 0. The molecule has 2 aromatic rings. The molecule has 0 aliphatic rings. The Morgan fingerprint density at radius 3 is 2.50 bits per heavy atom. The fourth-order valence-corrected chi connectivity index (χ4v) is 2.63. The Morgan fingerprint density at radius 2 is 1.85 bits per heavy atom. The quantitative estimate of drug-likeness (QED) is 0.648. The van der Waals surface area contributed by atoms with E-state index in [9.17, 15) is 4.39 Å². The molecule has 0 aliphatic carbocycles. The Hall–Kier alpha value is -1.07. The van der Waals surface area contributed by atoms with Crippen LogP contribution in [0, 0.1) is 5.82 Å². The Balaban J connectivity index is 2.17. The number of hydrogen-bond donors (Lipinski definition) is 0. The smallest absolute Gasteiger partial charge is 0.127 e. The van der Waals surface area contributed by atoms with Crippen molar-refractivity contribution in [2.45, 2.75) is 11.9 Å². The molecule has 0 aromatic heterocycles. The van der Waals surface area contributed by atoms with E-state index in [0.717, 1.165) is 22.6 Å². The third-order valence-electron chi connectivity index (χ3n) is 2.82. The second kappa shape index (κ2) is 7.09. The van der Waals surface area contributed by atoms with Gasteiger partial charge in [-0.1, -0.05) is 44.0 Å². The van der Waals surface area contributed by atoms with E-state index in [1.807, 2.05) is 18.2 Å². The lowest BCUT2D eigenvalue weighted by Crippen LogP contribution is -1.99. The molecule has 0 saturated carbocycles. The van der Waals surface area contributed by atoms with Gasteiger partial charge >= 0.3 is 0 Å². The lowest BCUT2D eigenvalue weighted by Gasteiger charge is -2.12. The number of benzene rings is 2. The maximum Gasteiger partial charge on any atom is 0.127 e. The topological polar surface area (TPSA) is 18.5 Å². The van der Waals surface area contributed by atoms with Crippen LogP contribution < -0.4 is 9.47 Å². The molecule has 2 rings (SSSR count). The molecule has 20 heavy (non-hydrogen) atoms. The summed E-state index contributed by atoms with van der Waals surface area (Å²) in [6, 6.07) is 10.2. The molecule has 0 unspecified atom stereocenters. The van der Waals surface area contributed by atoms with E-state index in [1.165, 1.54) is 12.1 Å². The molecule has 0 bridgehead atoms. The summed E-state index contributed by atoms with van der Waals surface area (Å²) in [7, 11) is 1.61. The van der Waals surface area contributed by atoms with E-state index in [1.54, 1.807) is 13.2 Å². The highest BCUT2D eigenvalue weighted by atomic mass is 79.9. The summed E-state index contributed by atoms with van der Waals surface area (Å²) < 4.78 is 24.7. The van der Waals surface area contributed by atoms with Crippen molar-refractivity contribution >= 4 is 31.9 Å². The molecule has 0 heterocycles. The highest BCUT2D eigenvalue weighted by Crippen LogP contribution is 2.28. The van der Waals surface area contributed by atoms with E-state index in [-0.39, 0.29) is 5.82 Å². The van der Waals surface area contributed by atoms with Crippen molar-refractivity contribution in [1.82, 2.24) is 0 Å². The van der Waals surface area contributed by atoms with E-state index in [0.29, 0.717) is 16.4 Å². The number of methoxy groups -OCH3 is 1. The average Bonchev–Trinajstić information content (AvgIpc) is 2.46. The molecule has 0 N–H and O–H groups in total. The van der Waals surface area contributed by atoms with Crippen LogP contribution in [0.2, 0.25) is 0 Å². The second-order valence-electron chi connectivity index (χ2n) is 4.13. The molecule has 0 spiro atoms. The minimum absolute atomic E-state index is 0.275. The second-order valence-corrected chi connectivity index (χ2v) is 5.55. The van der Waals surface area contributed by atoms with Crippen LogP contribution in [0.1, 0.15) is 11.1 Å². The summed E-state index contributed by atoms with van der Waals surface area (Å²) in [5.74, 6) is 1.21. The van der Waals surface area contributed by atoms with Crippen LogP contribution in [0.25, 0.3) is 0 Å². The largest absolute Gasteiger partial charge is 0.497 e. The Kier molecular flexibility index (Phi) is 5.43. The molecule has 106 valence electrons. The highest BCUT2D eigenvalue weighted by molar-refractivity contribution is 9.10. The fourth-order valence-electron chi connectivity index (χ4n) is 1.70. The first-order valence-electron chi connectivity index (χ1n) is 5.93. The van der Waals surface area contributed by atoms with Gasteiger partial charge in [-0.2, -0.15) is 0 Å². The van der Waals surface area contributed by atoms with Gasteiger partial charge in [-0.25, -0.2) is 4.39 Å². The van der Waals surface area contributed by atoms with Gasteiger partial charge in [0.25, 0.3) is 0 Å². The molecule has 2 nitrogen and oxygen atoms in total. The zero-order valence-electron chi connectivity index (χ0n) is 10.8. The molecule has 2 aromatic carbocycles. The van der Waals surface area contributed by atoms with Crippen molar-refractivity contribution in [1.29, 1.82) is 0 Å². The fraction of sp³-hybridized carbons (Fsp3) is 0.200. The van der Waals surface area contributed by atoms with Crippen molar-refractivity contribution < 1.29 is 13.9 Å². The van der Waals surface area contributed by atoms with Gasteiger partial charge in [-0.05, 0) is 18.2 Å². The van der Waals surface area contributed by atoms with Crippen LogP contribution in [0.3, 0.4) is 0 Å². The molecular formula is C15H13Br2FO2. The summed E-state index contributed by atoms with van der Waals surface area (Å²) >= 11 is 6.76. The van der Waals surface area contributed by atoms with Gasteiger partial charge < -0.3 is 9.47 Å². The molecule has 0 saturated heterocycles. The van der Waals surface area contributed by atoms with Crippen LogP contribution >= 0.6 is 31.9 Å². The number of alkyl halides is 1. The Bertz CT molecular complexity index is 602. The van der Waals surface area contributed by atoms with Crippen molar-refractivity contribution in [3.05, 3.63) is 57.8 Å². The van der Waals surface area contributed by atoms with Gasteiger partial charge in [-0.15, -0.1) is 0 Å². The van der Waals surface area contributed by atoms with E-state index >= 15 is 0 Å². The first-order chi connectivity index (χ1) is 9.63. The molecule has 0 amide bonds. The first-order valence-corrected chi connectivity index (χ1v) is 7.85. The van der Waals surface area contributed by atoms with E-state index in [4.69, 9.17) is 9.47 Å². The summed E-state index contributed by atoms with van der Waals surface area (Å²) in [6.45, 7) is 0.355. The average molecular weight is 404 g/mol. The van der Waals surface area contributed by atoms with E-state index < -0.39 is 0 Å². The normalized spacial score (nSPS) is 10.4. The minimum Gasteiger partial charge on any atom is -0.497 e. The van der Waals surface area contributed by atoms with Crippen LogP contribution in [0.15, 0.2) is 40.9 Å². The van der Waals surface area contributed by atoms with Gasteiger partial charge in [0.15, 0.2) is 0 Å². The molecule has 0 fully saturated rings. The van der Waals surface area contributed by atoms with Crippen LogP contribution in [-0.2, 0) is 11.9 Å². The van der Waals surface area contributed by atoms with Gasteiger partial charge in [0.2, 0.25) is 0 Å². The van der Waals surface area contributed by atoms with Gasteiger partial charge in [0.05, 0.1) is 7.11 Å². The summed E-state index contributed by atoms with van der Waals surface area (Å²) in [4.78, 5) is 0. The van der Waals surface area contributed by atoms with Crippen LogP contribution in [-0.4, -0.2) is 7.11 Å². The van der Waals surface area contributed by atoms with Crippen LogP contribution in [0.4, 0.5) is 4.39 Å². The molecule has 0 atom stereocenters. The van der Waals surface area contributed by atoms with Gasteiger partial charge in [-0.3, -0.25) is 0 Å². The van der Waals surface area contributed by atoms with Gasteiger partial charge in [0, 0.05) is 27.0 Å². The SMILES string of the molecule is COc1ccc(CBr)c(OCc2ccc(F)cc2Br)c1. The zero-order chi connectivity index (χ0) is 14.5. The number of halogens is 3. The van der Waals surface area contributed by atoms with Crippen LogP contribution in [0.5, 0.6) is 11.5 Å². The highest BCUT2D eigenvalue weighted by Gasteiger charge is 2.07. The van der Waals surface area contributed by atoms with Crippen molar-refractivity contribution in [3.8, 4) is 11.5 Å². The Labute approximate surface area is 134 Å². The Morgan fingerprint density at radius 1 is 1.10 bits per heavy atom. The maximum absolute atomic E-state index is 13.0. The van der Waals surface area contributed by atoms with E-state index in [2.05, 4.69) is 31.9 Å². The lowest BCUT2D eigenvalue weighted by molar-refractivity contribution is 0.300. The first kappa shape index (κ1) is 15.3. The standard InChI is InChI=1S/C15H13Br2FO2/c1-19-13-5-3-10(8-16)15(7-13)20-9-11-2-4-12(18)6-14(11)17/h2-7H,8-9H2,1H3. The summed E-state index contributed by atoms with van der Waals surface area (Å²) in [5.41, 5.74) is 1.92. The number of rotatable bonds is 5. The third-order valence-corrected chi connectivity index (χ3v) is 4.16. The van der Waals surface area contributed by atoms with Gasteiger partial charge in [0.1, 0.15) is 23.9 Å². The minimum atomic E-state index is -0.275. The zero-order valence-corrected chi connectivity index (χ0v) is 14.0. The number of ether oxygens (including phenoxy) is 2. The monoisotopic (exact) mass is 402 g/mol. The molecule has 0 aliphatic heterocycles. The molecule has 0 radical (unpaired) electrons. The predicted octanol–water partition coefficient (Wildman–Crippen LogP) is 5.07. The molecular weight excluding hydrogens is 391 g/mol. The number of hydrogen-bond acceptors (Lipinski definition) is 2. The van der Waals surface area contributed by atoms with Crippen molar-refractivity contribution in [2.75, 3.05) is 7.11 Å². The van der Waals surface area contributed by atoms with Crippen molar-refractivity contribution in [2.24, 2.45) is 0 Å². The lowest BCUT2D eigenvalue weighted by atomic mass is 10.2. The maximum atomic E-state index is 13.0. The van der Waals surface area contributed by atoms with Crippen molar-refractivity contribution in [3.63, 3.8) is 0 Å². The predicted molar refractivity (Wildman–Crippen MR) is 84.1 cm³/mol. The molecule has 5 heteroatoms.